The van der Waals surface area contributed by atoms with E-state index < -0.39 is 0 Å². The maximum atomic E-state index is 5.93. The van der Waals surface area contributed by atoms with Gasteiger partial charge in [-0.2, -0.15) is 0 Å². The average Bonchev–Trinajstić information content (AvgIpc) is 2.27. The minimum atomic E-state index is 0.425. The van der Waals surface area contributed by atoms with Crippen molar-refractivity contribution in [2.24, 2.45) is 5.92 Å². The van der Waals surface area contributed by atoms with E-state index in [0.29, 0.717) is 12.0 Å². The number of ether oxygens (including phenoxy) is 1. The lowest BCUT2D eigenvalue weighted by Crippen LogP contribution is -2.42. The van der Waals surface area contributed by atoms with E-state index in [0.717, 1.165) is 39.3 Å². The van der Waals surface area contributed by atoms with Gasteiger partial charge in [-0.05, 0) is 32.0 Å². The molecular weight excluding hydrogens is 188 g/mol. The van der Waals surface area contributed by atoms with Crippen LogP contribution in [-0.4, -0.2) is 50.3 Å². The van der Waals surface area contributed by atoms with Gasteiger partial charge in [0.15, 0.2) is 0 Å². The Morgan fingerprint density at radius 3 is 2.67 bits per heavy atom. The third kappa shape index (κ3) is 4.49. The summed E-state index contributed by atoms with van der Waals surface area (Å²) < 4.78 is 5.93. The van der Waals surface area contributed by atoms with E-state index >= 15 is 0 Å². The summed E-state index contributed by atoms with van der Waals surface area (Å²) in [5.41, 5.74) is 0. The average molecular weight is 214 g/mol. The Morgan fingerprint density at radius 1 is 1.33 bits per heavy atom. The Kier molecular flexibility index (Phi) is 6.22. The van der Waals surface area contributed by atoms with Crippen molar-refractivity contribution in [1.29, 1.82) is 0 Å². The van der Waals surface area contributed by atoms with E-state index in [1.807, 2.05) is 0 Å². The normalized spacial score (nSPS) is 27.2. The van der Waals surface area contributed by atoms with Crippen molar-refractivity contribution in [1.82, 2.24) is 10.2 Å². The maximum Gasteiger partial charge on any atom is 0.0726 e. The Hall–Kier alpha value is -0.120. The van der Waals surface area contributed by atoms with E-state index in [-0.39, 0.29) is 0 Å². The van der Waals surface area contributed by atoms with E-state index in [2.05, 4.69) is 31.0 Å². The van der Waals surface area contributed by atoms with Crippen LogP contribution in [0.1, 0.15) is 27.2 Å². The lowest BCUT2D eigenvalue weighted by molar-refractivity contribution is -0.00457. The predicted octanol–water partition coefficient (Wildman–Crippen LogP) is 1.34. The highest BCUT2D eigenvalue weighted by molar-refractivity contribution is 4.75. The van der Waals surface area contributed by atoms with Crippen LogP contribution in [0.3, 0.4) is 0 Å². The van der Waals surface area contributed by atoms with Gasteiger partial charge in [-0.15, -0.1) is 0 Å². The molecule has 1 aliphatic heterocycles. The number of nitrogens with one attached hydrogen (secondary N) is 1. The fraction of sp³-hybridized carbons (Fsp3) is 1.00. The molecule has 0 bridgehead atoms. The molecule has 0 aromatic rings. The summed E-state index contributed by atoms with van der Waals surface area (Å²) in [4.78, 5) is 2.40. The monoisotopic (exact) mass is 214 g/mol. The second kappa shape index (κ2) is 7.20. The number of rotatable bonds is 6. The van der Waals surface area contributed by atoms with Crippen LogP contribution < -0.4 is 5.32 Å². The second-order valence-electron chi connectivity index (χ2n) is 4.41. The van der Waals surface area contributed by atoms with Crippen molar-refractivity contribution in [2.45, 2.75) is 33.3 Å². The van der Waals surface area contributed by atoms with Gasteiger partial charge in [0.1, 0.15) is 0 Å². The van der Waals surface area contributed by atoms with E-state index in [4.69, 9.17) is 4.74 Å². The zero-order valence-electron chi connectivity index (χ0n) is 10.5. The molecule has 0 saturated carbocycles. The Labute approximate surface area is 94.2 Å². The standard InChI is InChI=1S/C12H26N2O/c1-4-14(5-2)8-9-15-12-10-13-7-6-11(12)3/h11-13H,4-10H2,1-3H3. The molecule has 0 aliphatic carbocycles. The number of hydrogen-bond donors (Lipinski definition) is 1. The van der Waals surface area contributed by atoms with Crippen LogP contribution in [0.2, 0.25) is 0 Å². The molecule has 15 heavy (non-hydrogen) atoms. The highest BCUT2D eigenvalue weighted by Gasteiger charge is 2.21. The third-order valence-corrected chi connectivity index (χ3v) is 3.39. The molecule has 0 aromatic carbocycles. The Bertz CT molecular complexity index is 160. The topological polar surface area (TPSA) is 24.5 Å². The molecule has 0 radical (unpaired) electrons. The highest BCUT2D eigenvalue weighted by atomic mass is 16.5. The summed E-state index contributed by atoms with van der Waals surface area (Å²) in [6, 6.07) is 0. The van der Waals surface area contributed by atoms with E-state index in [1.54, 1.807) is 0 Å². The quantitative estimate of drug-likeness (QED) is 0.722. The van der Waals surface area contributed by atoms with Crippen LogP contribution in [0.25, 0.3) is 0 Å². The molecule has 1 N–H and O–H groups in total. The van der Waals surface area contributed by atoms with Gasteiger partial charge in [0.25, 0.3) is 0 Å². The summed E-state index contributed by atoms with van der Waals surface area (Å²) in [7, 11) is 0. The number of likely N-dealkylation sites (N-methyl/N-ethyl adjacent to an activating group) is 1. The van der Waals surface area contributed by atoms with Gasteiger partial charge < -0.3 is 15.0 Å². The van der Waals surface area contributed by atoms with Crippen molar-refractivity contribution in [3.05, 3.63) is 0 Å². The van der Waals surface area contributed by atoms with Crippen LogP contribution in [0.5, 0.6) is 0 Å². The van der Waals surface area contributed by atoms with Gasteiger partial charge in [0, 0.05) is 13.1 Å². The zero-order valence-corrected chi connectivity index (χ0v) is 10.5. The lowest BCUT2D eigenvalue weighted by Gasteiger charge is -2.30. The van der Waals surface area contributed by atoms with Gasteiger partial charge in [-0.3, -0.25) is 0 Å². The first-order chi connectivity index (χ1) is 7.27. The zero-order chi connectivity index (χ0) is 11.1. The minimum Gasteiger partial charge on any atom is -0.375 e. The van der Waals surface area contributed by atoms with Crippen molar-refractivity contribution >= 4 is 0 Å². The largest absolute Gasteiger partial charge is 0.375 e. The smallest absolute Gasteiger partial charge is 0.0726 e. The molecule has 1 rings (SSSR count). The van der Waals surface area contributed by atoms with Crippen molar-refractivity contribution in [3.63, 3.8) is 0 Å². The Balaban J connectivity index is 2.12. The van der Waals surface area contributed by atoms with E-state index in [1.165, 1.54) is 6.42 Å². The molecule has 2 unspecified atom stereocenters. The second-order valence-corrected chi connectivity index (χ2v) is 4.41. The Morgan fingerprint density at radius 2 is 2.07 bits per heavy atom. The molecule has 3 nitrogen and oxygen atoms in total. The number of nitrogens with zero attached hydrogens (tertiary/aromatic N) is 1. The van der Waals surface area contributed by atoms with Gasteiger partial charge in [-0.25, -0.2) is 0 Å². The molecule has 0 amide bonds. The van der Waals surface area contributed by atoms with E-state index in [9.17, 15) is 0 Å². The summed E-state index contributed by atoms with van der Waals surface area (Å²) in [5.74, 6) is 0.711. The SMILES string of the molecule is CCN(CC)CCOC1CNCCC1C. The van der Waals surface area contributed by atoms with Crippen LogP contribution in [0, 0.1) is 5.92 Å². The summed E-state index contributed by atoms with van der Waals surface area (Å²) in [5, 5.41) is 3.39. The first-order valence-corrected chi connectivity index (χ1v) is 6.32. The van der Waals surface area contributed by atoms with Crippen molar-refractivity contribution < 1.29 is 4.74 Å². The molecule has 90 valence electrons. The fourth-order valence-corrected chi connectivity index (χ4v) is 2.06. The number of hydrogen-bond acceptors (Lipinski definition) is 3. The number of piperidine rings is 1. The van der Waals surface area contributed by atoms with Gasteiger partial charge in [-0.1, -0.05) is 20.8 Å². The third-order valence-electron chi connectivity index (χ3n) is 3.39. The molecule has 1 heterocycles. The van der Waals surface area contributed by atoms with Crippen molar-refractivity contribution in [2.75, 3.05) is 39.3 Å². The lowest BCUT2D eigenvalue weighted by atomic mass is 9.97. The molecule has 0 aromatic heterocycles. The highest BCUT2D eigenvalue weighted by Crippen LogP contribution is 2.14. The van der Waals surface area contributed by atoms with Crippen LogP contribution in [0.15, 0.2) is 0 Å². The molecule has 2 atom stereocenters. The van der Waals surface area contributed by atoms with Crippen LogP contribution in [-0.2, 0) is 4.74 Å². The molecular formula is C12H26N2O. The molecule has 3 heteroatoms. The van der Waals surface area contributed by atoms with Crippen LogP contribution >= 0.6 is 0 Å². The predicted molar refractivity (Wildman–Crippen MR) is 64.2 cm³/mol. The molecule has 1 saturated heterocycles. The summed E-state index contributed by atoms with van der Waals surface area (Å²) in [6.07, 6.45) is 1.67. The summed E-state index contributed by atoms with van der Waals surface area (Å²) >= 11 is 0. The van der Waals surface area contributed by atoms with Gasteiger partial charge in [0.2, 0.25) is 0 Å². The van der Waals surface area contributed by atoms with Gasteiger partial charge >= 0.3 is 0 Å². The minimum absolute atomic E-state index is 0.425. The first kappa shape index (κ1) is 12.9. The molecule has 1 fully saturated rings. The summed E-state index contributed by atoms with van der Waals surface area (Å²) in [6.45, 7) is 13.1. The maximum absolute atomic E-state index is 5.93. The molecule has 1 aliphatic rings. The molecule has 0 spiro atoms. The van der Waals surface area contributed by atoms with Gasteiger partial charge in [0.05, 0.1) is 12.7 Å². The fourth-order valence-electron chi connectivity index (χ4n) is 2.06. The first-order valence-electron chi connectivity index (χ1n) is 6.32. The van der Waals surface area contributed by atoms with Crippen LogP contribution in [0.4, 0.5) is 0 Å². The van der Waals surface area contributed by atoms with Crippen molar-refractivity contribution in [3.8, 4) is 0 Å².